The molecule has 116 valence electrons. The van der Waals surface area contributed by atoms with Gasteiger partial charge in [-0.1, -0.05) is 31.4 Å². The van der Waals surface area contributed by atoms with Crippen molar-refractivity contribution in [3.8, 4) is 5.75 Å². The Morgan fingerprint density at radius 1 is 0.857 bits per heavy atom. The van der Waals surface area contributed by atoms with Gasteiger partial charge in [0.2, 0.25) is 0 Å². The first-order valence-corrected chi connectivity index (χ1v) is 8.55. The summed E-state index contributed by atoms with van der Waals surface area (Å²) in [5, 5.41) is 9.37. The van der Waals surface area contributed by atoms with Crippen molar-refractivity contribution in [3.05, 3.63) is 29.8 Å². The van der Waals surface area contributed by atoms with Crippen molar-refractivity contribution in [1.29, 1.82) is 0 Å². The van der Waals surface area contributed by atoms with Crippen LogP contribution in [0, 0.1) is 0 Å². The van der Waals surface area contributed by atoms with Crippen molar-refractivity contribution in [3.63, 3.8) is 0 Å². The van der Waals surface area contributed by atoms with E-state index in [1.54, 1.807) is 12.1 Å². The Labute approximate surface area is 128 Å². The van der Waals surface area contributed by atoms with Crippen molar-refractivity contribution in [2.24, 2.45) is 0 Å². The highest BCUT2D eigenvalue weighted by Gasteiger charge is 2.23. The van der Waals surface area contributed by atoms with Gasteiger partial charge < -0.3 is 5.11 Å². The van der Waals surface area contributed by atoms with Gasteiger partial charge in [0.05, 0.1) is 0 Å². The Morgan fingerprint density at radius 3 is 2.38 bits per heavy atom. The van der Waals surface area contributed by atoms with Gasteiger partial charge in [-0.05, 0) is 50.0 Å². The molecule has 21 heavy (non-hydrogen) atoms. The lowest BCUT2D eigenvalue weighted by molar-refractivity contribution is 0.158. The van der Waals surface area contributed by atoms with E-state index in [-0.39, 0.29) is 0 Å². The van der Waals surface area contributed by atoms with Gasteiger partial charge in [0, 0.05) is 25.7 Å². The van der Waals surface area contributed by atoms with Crippen LogP contribution in [0.1, 0.15) is 44.1 Å². The molecule has 3 heteroatoms. The minimum absolute atomic E-state index is 0.359. The molecular formula is C18H28N2O. The number of benzene rings is 1. The molecule has 3 rings (SSSR count). The standard InChI is InChI=1S/C18H28N2O/c21-18-9-7-16(8-10-18)15-19-11-4-12-20(14-13-19)17-5-2-1-3-6-17/h7-10,17,21H,1-6,11-15H2. The molecule has 3 nitrogen and oxygen atoms in total. The molecule has 1 N–H and O–H groups in total. The molecule has 0 aromatic heterocycles. The van der Waals surface area contributed by atoms with Gasteiger partial charge >= 0.3 is 0 Å². The van der Waals surface area contributed by atoms with Crippen LogP contribution in [0.25, 0.3) is 0 Å². The van der Waals surface area contributed by atoms with Crippen LogP contribution in [-0.4, -0.2) is 47.1 Å². The highest BCUT2D eigenvalue weighted by molar-refractivity contribution is 5.25. The van der Waals surface area contributed by atoms with Crippen molar-refractivity contribution in [2.75, 3.05) is 26.2 Å². The molecule has 0 bridgehead atoms. The van der Waals surface area contributed by atoms with E-state index < -0.39 is 0 Å². The Hall–Kier alpha value is -1.06. The van der Waals surface area contributed by atoms with Gasteiger partial charge in [0.25, 0.3) is 0 Å². The number of hydrogen-bond acceptors (Lipinski definition) is 3. The summed E-state index contributed by atoms with van der Waals surface area (Å²) in [6.07, 6.45) is 8.42. The summed E-state index contributed by atoms with van der Waals surface area (Å²) >= 11 is 0. The fraction of sp³-hybridized carbons (Fsp3) is 0.667. The van der Waals surface area contributed by atoms with Crippen LogP contribution in [0.15, 0.2) is 24.3 Å². The summed E-state index contributed by atoms with van der Waals surface area (Å²) in [6, 6.07) is 8.52. The molecule has 2 fully saturated rings. The fourth-order valence-corrected chi connectivity index (χ4v) is 3.82. The van der Waals surface area contributed by atoms with E-state index in [2.05, 4.69) is 9.80 Å². The predicted molar refractivity (Wildman–Crippen MR) is 86.4 cm³/mol. The van der Waals surface area contributed by atoms with E-state index in [0.717, 1.165) is 12.6 Å². The van der Waals surface area contributed by atoms with E-state index in [9.17, 15) is 5.11 Å². The second kappa shape index (κ2) is 7.28. The molecule has 1 saturated heterocycles. The van der Waals surface area contributed by atoms with Gasteiger partial charge in [0.15, 0.2) is 0 Å². The summed E-state index contributed by atoms with van der Waals surface area (Å²) in [7, 11) is 0. The smallest absolute Gasteiger partial charge is 0.115 e. The van der Waals surface area contributed by atoms with Gasteiger partial charge in [-0.2, -0.15) is 0 Å². The van der Waals surface area contributed by atoms with Crippen molar-refractivity contribution >= 4 is 0 Å². The molecule has 0 unspecified atom stereocenters. The zero-order valence-electron chi connectivity index (χ0n) is 13.0. The third-order valence-electron chi connectivity index (χ3n) is 5.06. The highest BCUT2D eigenvalue weighted by Crippen LogP contribution is 2.23. The third kappa shape index (κ3) is 4.21. The monoisotopic (exact) mass is 288 g/mol. The largest absolute Gasteiger partial charge is 0.508 e. The number of aromatic hydroxyl groups is 1. The van der Waals surface area contributed by atoms with E-state index in [1.807, 2.05) is 12.1 Å². The lowest BCUT2D eigenvalue weighted by Gasteiger charge is -2.33. The van der Waals surface area contributed by atoms with Gasteiger partial charge in [0.1, 0.15) is 5.75 Å². The normalized spacial score (nSPS) is 23.0. The summed E-state index contributed by atoms with van der Waals surface area (Å²) in [5.74, 6) is 0.359. The second-order valence-corrected chi connectivity index (χ2v) is 6.62. The average molecular weight is 288 g/mol. The Morgan fingerprint density at radius 2 is 1.62 bits per heavy atom. The number of nitrogens with zero attached hydrogens (tertiary/aromatic N) is 2. The molecule has 0 spiro atoms. The van der Waals surface area contributed by atoms with Crippen molar-refractivity contribution in [2.45, 2.75) is 51.1 Å². The molecule has 0 atom stereocenters. The van der Waals surface area contributed by atoms with Gasteiger partial charge in [-0.15, -0.1) is 0 Å². The molecule has 1 aliphatic carbocycles. The number of phenols is 1. The molecular weight excluding hydrogens is 260 g/mol. The quantitative estimate of drug-likeness (QED) is 0.925. The maximum absolute atomic E-state index is 9.37. The Bertz CT molecular complexity index is 425. The molecule has 1 aromatic rings. The first-order valence-electron chi connectivity index (χ1n) is 8.55. The lowest BCUT2D eigenvalue weighted by atomic mass is 9.94. The van der Waals surface area contributed by atoms with Crippen LogP contribution in [0.2, 0.25) is 0 Å². The van der Waals surface area contributed by atoms with E-state index in [1.165, 1.54) is 70.3 Å². The predicted octanol–water partition coefficient (Wildman–Crippen LogP) is 3.23. The van der Waals surface area contributed by atoms with Gasteiger partial charge in [-0.3, -0.25) is 9.80 Å². The molecule has 1 heterocycles. The molecule has 1 saturated carbocycles. The molecule has 2 aliphatic rings. The molecule has 0 amide bonds. The van der Waals surface area contributed by atoms with E-state index >= 15 is 0 Å². The topological polar surface area (TPSA) is 26.7 Å². The first-order chi connectivity index (χ1) is 10.3. The van der Waals surface area contributed by atoms with Crippen LogP contribution in [0.5, 0.6) is 5.75 Å². The number of phenolic OH excluding ortho intramolecular Hbond substituents is 1. The van der Waals surface area contributed by atoms with Crippen LogP contribution in [0.3, 0.4) is 0 Å². The zero-order valence-corrected chi connectivity index (χ0v) is 13.0. The second-order valence-electron chi connectivity index (χ2n) is 6.62. The third-order valence-corrected chi connectivity index (χ3v) is 5.06. The molecule has 1 aliphatic heterocycles. The van der Waals surface area contributed by atoms with Crippen LogP contribution < -0.4 is 0 Å². The molecule has 1 aromatic carbocycles. The Balaban J connectivity index is 1.51. The zero-order chi connectivity index (χ0) is 14.5. The summed E-state index contributed by atoms with van der Waals surface area (Å²) in [5.41, 5.74) is 1.30. The number of hydrogen-bond donors (Lipinski definition) is 1. The maximum atomic E-state index is 9.37. The van der Waals surface area contributed by atoms with Crippen molar-refractivity contribution < 1.29 is 5.11 Å². The number of rotatable bonds is 3. The average Bonchev–Trinajstić information content (AvgIpc) is 2.76. The van der Waals surface area contributed by atoms with Crippen LogP contribution in [0.4, 0.5) is 0 Å². The van der Waals surface area contributed by atoms with Crippen LogP contribution in [-0.2, 0) is 6.54 Å². The minimum Gasteiger partial charge on any atom is -0.508 e. The summed E-state index contributed by atoms with van der Waals surface area (Å²) in [4.78, 5) is 5.31. The summed E-state index contributed by atoms with van der Waals surface area (Å²) in [6.45, 7) is 5.89. The minimum atomic E-state index is 0.359. The lowest BCUT2D eigenvalue weighted by Crippen LogP contribution is -2.39. The maximum Gasteiger partial charge on any atom is 0.115 e. The van der Waals surface area contributed by atoms with Crippen molar-refractivity contribution in [1.82, 2.24) is 9.80 Å². The fourth-order valence-electron chi connectivity index (χ4n) is 3.82. The van der Waals surface area contributed by atoms with Gasteiger partial charge in [-0.25, -0.2) is 0 Å². The highest BCUT2D eigenvalue weighted by atomic mass is 16.3. The van der Waals surface area contributed by atoms with Crippen LogP contribution >= 0.6 is 0 Å². The first kappa shape index (κ1) is 14.9. The van der Waals surface area contributed by atoms with E-state index in [0.29, 0.717) is 5.75 Å². The Kier molecular flexibility index (Phi) is 5.15. The SMILES string of the molecule is Oc1ccc(CN2CCCN(C3CCCCC3)CC2)cc1. The molecule has 0 radical (unpaired) electrons. The van der Waals surface area contributed by atoms with E-state index in [4.69, 9.17) is 0 Å². The summed E-state index contributed by atoms with van der Waals surface area (Å²) < 4.78 is 0.